The number of halogens is 6. The molecule has 0 unspecified atom stereocenters. The number of fused-ring (bicyclic) bond motifs is 1. The first kappa shape index (κ1) is 21.0. The van der Waals surface area contributed by atoms with Gasteiger partial charge in [-0.3, -0.25) is 0 Å². The van der Waals surface area contributed by atoms with Crippen LogP contribution in [0.15, 0.2) is 53.3 Å². The van der Waals surface area contributed by atoms with Gasteiger partial charge < -0.3 is 10.6 Å². The van der Waals surface area contributed by atoms with E-state index >= 15 is 0 Å². The highest BCUT2D eigenvalue weighted by molar-refractivity contribution is 9.10. The third-order valence-electron chi connectivity index (χ3n) is 4.49. The fourth-order valence-corrected chi connectivity index (χ4v) is 3.36. The summed E-state index contributed by atoms with van der Waals surface area (Å²) < 4.78 is 68.7. The van der Waals surface area contributed by atoms with E-state index in [1.54, 1.807) is 18.2 Å². The van der Waals surface area contributed by atoms with Gasteiger partial charge in [0, 0.05) is 33.3 Å². The average Bonchev–Trinajstić information content (AvgIpc) is 2.77. The largest absolute Gasteiger partial charge is 0.381 e. The molecule has 0 aliphatic carbocycles. The van der Waals surface area contributed by atoms with Crippen molar-refractivity contribution >= 4 is 44.0 Å². The van der Waals surface area contributed by atoms with Crippen molar-refractivity contribution in [3.8, 4) is 0 Å². The van der Waals surface area contributed by atoms with Crippen LogP contribution in [0, 0.1) is 29.1 Å². The van der Waals surface area contributed by atoms with Crippen molar-refractivity contribution in [2.45, 2.75) is 6.54 Å². The predicted molar refractivity (Wildman–Crippen MR) is 111 cm³/mol. The molecule has 0 radical (unpaired) electrons. The lowest BCUT2D eigenvalue weighted by Gasteiger charge is -2.12. The molecule has 1 aromatic heterocycles. The van der Waals surface area contributed by atoms with Gasteiger partial charge in [-0.2, -0.15) is 0 Å². The molecular weight excluding hydrogens is 483 g/mol. The molecule has 0 aliphatic rings. The minimum Gasteiger partial charge on any atom is -0.381 e. The highest BCUT2D eigenvalue weighted by atomic mass is 79.9. The number of hydrogen-bond acceptors (Lipinski definition) is 4. The van der Waals surface area contributed by atoms with Crippen molar-refractivity contribution in [3.63, 3.8) is 0 Å². The summed E-state index contributed by atoms with van der Waals surface area (Å²) in [5, 5.41) is 6.43. The maximum atomic E-state index is 13.9. The Hall–Kier alpha value is -3.27. The maximum absolute atomic E-state index is 13.9. The first-order chi connectivity index (χ1) is 14.8. The second kappa shape index (κ2) is 8.46. The fraction of sp³-hybridized carbons (Fsp3) is 0.0476. The smallest absolute Gasteiger partial charge is 0.200 e. The van der Waals surface area contributed by atoms with Gasteiger partial charge in [0.2, 0.25) is 5.82 Å². The number of nitrogens with one attached hydrogen (secondary N) is 2. The molecule has 4 nitrogen and oxygen atoms in total. The second-order valence-corrected chi connectivity index (χ2v) is 7.41. The average molecular weight is 495 g/mol. The Morgan fingerprint density at radius 3 is 2.19 bits per heavy atom. The van der Waals surface area contributed by atoms with E-state index in [-0.39, 0.29) is 0 Å². The van der Waals surface area contributed by atoms with E-state index in [9.17, 15) is 22.0 Å². The first-order valence-corrected chi connectivity index (χ1v) is 9.66. The van der Waals surface area contributed by atoms with Crippen molar-refractivity contribution < 1.29 is 22.0 Å². The molecule has 0 aliphatic heterocycles. The lowest BCUT2D eigenvalue weighted by Crippen LogP contribution is -2.11. The van der Waals surface area contributed by atoms with E-state index in [2.05, 4.69) is 36.5 Å². The molecule has 0 atom stereocenters. The van der Waals surface area contributed by atoms with Crippen molar-refractivity contribution in [2.75, 3.05) is 10.6 Å². The summed E-state index contributed by atoms with van der Waals surface area (Å²) in [6, 6.07) is 12.2. The summed E-state index contributed by atoms with van der Waals surface area (Å²) in [7, 11) is 0. The van der Waals surface area contributed by atoms with Gasteiger partial charge in [0.1, 0.15) is 12.1 Å². The Bertz CT molecular complexity index is 1270. The highest BCUT2D eigenvalue weighted by Gasteiger charge is 2.25. The van der Waals surface area contributed by atoms with E-state index in [1.807, 2.05) is 24.3 Å². The van der Waals surface area contributed by atoms with Crippen LogP contribution in [0.5, 0.6) is 0 Å². The Morgan fingerprint density at radius 1 is 0.774 bits per heavy atom. The van der Waals surface area contributed by atoms with E-state index in [1.165, 1.54) is 6.33 Å². The molecule has 0 saturated carbocycles. The highest BCUT2D eigenvalue weighted by Crippen LogP contribution is 2.28. The quantitative estimate of drug-likeness (QED) is 0.190. The molecule has 0 fully saturated rings. The van der Waals surface area contributed by atoms with Crippen LogP contribution < -0.4 is 10.6 Å². The van der Waals surface area contributed by atoms with Gasteiger partial charge >= 0.3 is 0 Å². The van der Waals surface area contributed by atoms with Crippen LogP contribution in [-0.2, 0) is 6.54 Å². The molecule has 4 rings (SSSR count). The van der Waals surface area contributed by atoms with Crippen molar-refractivity contribution in [2.24, 2.45) is 0 Å². The molecule has 3 aromatic carbocycles. The van der Waals surface area contributed by atoms with Crippen LogP contribution in [-0.4, -0.2) is 9.97 Å². The molecule has 31 heavy (non-hydrogen) atoms. The molecule has 1 heterocycles. The molecule has 0 spiro atoms. The fourth-order valence-electron chi connectivity index (χ4n) is 2.97. The molecule has 0 saturated heterocycles. The molecule has 0 bridgehead atoms. The monoisotopic (exact) mass is 494 g/mol. The Labute approximate surface area is 181 Å². The van der Waals surface area contributed by atoms with Gasteiger partial charge in [0.25, 0.3) is 0 Å². The van der Waals surface area contributed by atoms with Gasteiger partial charge in [-0.05, 0) is 36.4 Å². The zero-order chi connectivity index (χ0) is 22.1. The first-order valence-electron chi connectivity index (χ1n) is 8.86. The van der Waals surface area contributed by atoms with Crippen molar-refractivity contribution in [1.29, 1.82) is 0 Å². The lowest BCUT2D eigenvalue weighted by molar-refractivity contribution is 0.371. The number of rotatable bonds is 5. The molecule has 2 N–H and O–H groups in total. The Balaban J connectivity index is 1.64. The maximum Gasteiger partial charge on any atom is 0.200 e. The lowest BCUT2D eigenvalue weighted by atomic mass is 10.1. The topological polar surface area (TPSA) is 49.8 Å². The third kappa shape index (κ3) is 4.15. The summed E-state index contributed by atoms with van der Waals surface area (Å²) in [5.74, 6) is -9.42. The zero-order valence-electron chi connectivity index (χ0n) is 15.5. The number of aromatic nitrogens is 2. The molecule has 0 amide bonds. The van der Waals surface area contributed by atoms with Crippen molar-refractivity contribution in [1.82, 2.24) is 9.97 Å². The molecular formula is C21H12BrF5N4. The number of benzene rings is 3. The SMILES string of the molecule is Fc1c(F)c(F)c(CNc2ccc3ncnc(Nc4cccc(Br)c4)c3c2)c(F)c1F. The number of nitrogens with zero attached hydrogens (tertiary/aromatic N) is 2. The normalized spacial score (nSPS) is 11.0. The number of anilines is 3. The summed E-state index contributed by atoms with van der Waals surface area (Å²) in [5.41, 5.74) is 0.778. The summed E-state index contributed by atoms with van der Waals surface area (Å²) in [6.07, 6.45) is 1.38. The zero-order valence-corrected chi connectivity index (χ0v) is 17.1. The van der Waals surface area contributed by atoms with Crippen LogP contribution in [0.1, 0.15) is 5.56 Å². The third-order valence-corrected chi connectivity index (χ3v) is 4.99. The van der Waals surface area contributed by atoms with E-state index < -0.39 is 41.2 Å². The second-order valence-electron chi connectivity index (χ2n) is 6.49. The summed E-state index contributed by atoms with van der Waals surface area (Å²) in [4.78, 5) is 8.40. The molecule has 10 heteroatoms. The summed E-state index contributed by atoms with van der Waals surface area (Å²) in [6.45, 7) is -0.612. The Morgan fingerprint density at radius 2 is 1.48 bits per heavy atom. The van der Waals surface area contributed by atoms with Crippen LogP contribution in [0.2, 0.25) is 0 Å². The minimum atomic E-state index is -2.19. The van der Waals surface area contributed by atoms with Crippen LogP contribution >= 0.6 is 15.9 Å². The van der Waals surface area contributed by atoms with Crippen LogP contribution in [0.4, 0.5) is 39.1 Å². The van der Waals surface area contributed by atoms with Crippen LogP contribution in [0.25, 0.3) is 10.9 Å². The van der Waals surface area contributed by atoms with Gasteiger partial charge in [0.15, 0.2) is 23.3 Å². The Kier molecular flexibility index (Phi) is 5.73. The standard InChI is InChI=1S/C21H12BrF5N4/c22-10-2-1-3-12(6-10)31-21-13-7-11(4-5-15(13)29-9-30-21)28-8-14-16(23)18(25)20(27)19(26)17(14)24/h1-7,9,28H,8H2,(H,29,30,31). The predicted octanol–water partition coefficient (Wildman–Crippen LogP) is 6.44. The van der Waals surface area contributed by atoms with Gasteiger partial charge in [-0.25, -0.2) is 31.9 Å². The van der Waals surface area contributed by atoms with Gasteiger partial charge in [0.05, 0.1) is 5.52 Å². The number of hydrogen-bond donors (Lipinski definition) is 2. The van der Waals surface area contributed by atoms with E-state index in [0.717, 1.165) is 10.2 Å². The minimum absolute atomic E-state index is 0.378. The summed E-state index contributed by atoms with van der Waals surface area (Å²) >= 11 is 3.38. The van der Waals surface area contributed by atoms with Crippen LogP contribution in [0.3, 0.4) is 0 Å². The van der Waals surface area contributed by atoms with Crippen molar-refractivity contribution in [3.05, 3.63) is 87.9 Å². The van der Waals surface area contributed by atoms with Gasteiger partial charge in [-0.15, -0.1) is 0 Å². The molecule has 4 aromatic rings. The van der Waals surface area contributed by atoms with E-state index in [4.69, 9.17) is 0 Å². The van der Waals surface area contributed by atoms with Gasteiger partial charge in [-0.1, -0.05) is 22.0 Å². The van der Waals surface area contributed by atoms with E-state index in [0.29, 0.717) is 22.4 Å². The molecule has 158 valence electrons.